The van der Waals surface area contributed by atoms with Gasteiger partial charge in [0.05, 0.1) is 28.3 Å². The van der Waals surface area contributed by atoms with Gasteiger partial charge >= 0.3 is 5.63 Å². The van der Waals surface area contributed by atoms with Gasteiger partial charge in [0.25, 0.3) is 0 Å². The van der Waals surface area contributed by atoms with Crippen LogP contribution in [0.1, 0.15) is 23.6 Å². The molecule has 0 saturated heterocycles. The van der Waals surface area contributed by atoms with Crippen molar-refractivity contribution in [2.75, 3.05) is 0 Å². The Hall–Kier alpha value is -3.86. The fourth-order valence-electron chi connectivity index (χ4n) is 3.17. The fourth-order valence-corrected chi connectivity index (χ4v) is 3.17. The van der Waals surface area contributed by atoms with Gasteiger partial charge in [-0.25, -0.2) is 4.79 Å². The number of azo groups is 1. The Balaban J connectivity index is 1.63. The molecule has 0 unspecified atom stereocenters. The van der Waals surface area contributed by atoms with E-state index in [1.165, 1.54) is 0 Å². The number of benzene rings is 3. The van der Waals surface area contributed by atoms with E-state index in [0.717, 1.165) is 33.6 Å². The van der Waals surface area contributed by atoms with Gasteiger partial charge in [0.1, 0.15) is 5.58 Å². The molecule has 0 aliphatic rings. The highest BCUT2D eigenvalue weighted by atomic mass is 16.4. The van der Waals surface area contributed by atoms with Crippen LogP contribution in [0.5, 0.6) is 0 Å². The maximum Gasteiger partial charge on any atom is 0.345 e. The molecule has 0 amide bonds. The van der Waals surface area contributed by atoms with Crippen LogP contribution < -0.4 is 5.63 Å². The van der Waals surface area contributed by atoms with E-state index in [-0.39, 0.29) is 0 Å². The van der Waals surface area contributed by atoms with E-state index < -0.39 is 5.63 Å². The third-order valence-electron chi connectivity index (χ3n) is 4.89. The summed E-state index contributed by atoms with van der Waals surface area (Å²) < 4.78 is 5.42. The molecule has 0 atom stereocenters. The number of nitrogens with zero attached hydrogens (tertiary/aromatic N) is 3. The van der Waals surface area contributed by atoms with Crippen LogP contribution in [-0.2, 0) is 0 Å². The van der Waals surface area contributed by atoms with Gasteiger partial charge in [-0.15, -0.1) is 0 Å². The lowest BCUT2D eigenvalue weighted by atomic mass is 10.1. The maximum absolute atomic E-state index is 12.4. The summed E-state index contributed by atoms with van der Waals surface area (Å²) in [6.45, 7) is 5.78. The van der Waals surface area contributed by atoms with E-state index in [0.29, 0.717) is 16.9 Å². The number of hydrogen-bond donors (Lipinski definition) is 0. The molecule has 0 bridgehead atoms. The summed E-state index contributed by atoms with van der Waals surface area (Å²) in [7, 11) is 0. The summed E-state index contributed by atoms with van der Waals surface area (Å²) in [6.07, 6.45) is 0. The average Bonchev–Trinajstić information content (AvgIpc) is 2.74. The van der Waals surface area contributed by atoms with Crippen molar-refractivity contribution in [1.29, 1.82) is 0 Å². The Bertz CT molecular complexity index is 1350. The first-order valence-corrected chi connectivity index (χ1v) is 9.68. The third-order valence-corrected chi connectivity index (χ3v) is 4.89. The first kappa shape index (κ1) is 19.5. The molecule has 0 aliphatic heterocycles. The molecule has 0 aliphatic carbocycles. The maximum atomic E-state index is 12.4. The van der Waals surface area contributed by atoms with E-state index >= 15 is 0 Å². The first-order valence-electron chi connectivity index (χ1n) is 9.68. The lowest BCUT2D eigenvalue weighted by molar-refractivity contribution is 0.559. The van der Waals surface area contributed by atoms with Gasteiger partial charge in [0, 0.05) is 5.39 Å². The highest BCUT2D eigenvalue weighted by Gasteiger charge is 2.09. The van der Waals surface area contributed by atoms with Gasteiger partial charge in [0.15, 0.2) is 0 Å². The second-order valence-corrected chi connectivity index (χ2v) is 7.14. The Labute approximate surface area is 174 Å². The lowest BCUT2D eigenvalue weighted by Gasteiger charge is -2.05. The Morgan fingerprint density at radius 2 is 1.57 bits per heavy atom. The van der Waals surface area contributed by atoms with Crippen molar-refractivity contribution in [3.8, 4) is 0 Å². The van der Waals surface area contributed by atoms with Crippen LogP contribution in [0.3, 0.4) is 0 Å². The number of hydrogen-bond acceptors (Lipinski definition) is 5. The molecular weight excluding hydrogens is 374 g/mol. The highest BCUT2D eigenvalue weighted by molar-refractivity contribution is 6.02. The molecule has 0 saturated carbocycles. The van der Waals surface area contributed by atoms with Crippen molar-refractivity contribution < 1.29 is 4.42 Å². The van der Waals surface area contributed by atoms with Crippen LogP contribution in [0.4, 0.5) is 17.1 Å². The third kappa shape index (κ3) is 4.10. The molecule has 1 aromatic heterocycles. The van der Waals surface area contributed by atoms with Crippen LogP contribution >= 0.6 is 0 Å². The summed E-state index contributed by atoms with van der Waals surface area (Å²) in [5.74, 6) is 0. The zero-order valence-corrected chi connectivity index (χ0v) is 17.1. The first-order chi connectivity index (χ1) is 14.5. The Morgan fingerprint density at radius 3 is 2.37 bits per heavy atom. The van der Waals surface area contributed by atoms with Gasteiger partial charge in [-0.1, -0.05) is 36.4 Å². The predicted molar refractivity (Wildman–Crippen MR) is 121 cm³/mol. The molecule has 0 radical (unpaired) electrons. The van der Waals surface area contributed by atoms with E-state index in [9.17, 15) is 4.79 Å². The molecule has 5 heteroatoms. The van der Waals surface area contributed by atoms with Crippen molar-refractivity contribution >= 4 is 33.7 Å². The smallest absolute Gasteiger partial charge is 0.345 e. The second-order valence-electron chi connectivity index (χ2n) is 7.14. The molecule has 1 heterocycles. The largest absolute Gasteiger partial charge is 0.422 e. The lowest BCUT2D eigenvalue weighted by Crippen LogP contribution is -2.11. The van der Waals surface area contributed by atoms with E-state index in [2.05, 4.69) is 15.2 Å². The predicted octanol–water partition coefficient (Wildman–Crippen LogP) is 6.97. The SMILES string of the molecule is CC(=Nc1ccc(N=Nc2ccccc2C)cc1C)c1cc2ccccc2oc1=O. The van der Waals surface area contributed by atoms with E-state index in [4.69, 9.17) is 4.42 Å². The molecule has 0 fully saturated rings. The summed E-state index contributed by atoms with van der Waals surface area (Å²) in [4.78, 5) is 17.0. The van der Waals surface area contributed by atoms with Crippen LogP contribution in [0, 0.1) is 13.8 Å². The fraction of sp³-hybridized carbons (Fsp3) is 0.120. The van der Waals surface area contributed by atoms with Gasteiger partial charge in [-0.3, -0.25) is 4.99 Å². The van der Waals surface area contributed by atoms with Gasteiger partial charge in [-0.2, -0.15) is 10.2 Å². The minimum atomic E-state index is -0.392. The normalized spacial score (nSPS) is 12.0. The number of para-hydroxylation sites is 1. The second kappa shape index (κ2) is 8.25. The van der Waals surface area contributed by atoms with Crippen LogP contribution in [0.25, 0.3) is 11.0 Å². The monoisotopic (exact) mass is 395 g/mol. The summed E-state index contributed by atoms with van der Waals surface area (Å²) in [6, 6.07) is 22.8. The molecule has 5 nitrogen and oxygen atoms in total. The Kier molecular flexibility index (Phi) is 5.35. The van der Waals surface area contributed by atoms with Crippen LogP contribution in [-0.4, -0.2) is 5.71 Å². The number of aryl methyl sites for hydroxylation is 2. The summed E-state index contributed by atoms with van der Waals surface area (Å²) >= 11 is 0. The number of fused-ring (bicyclic) bond motifs is 1. The Morgan fingerprint density at radius 1 is 0.800 bits per heavy atom. The van der Waals surface area contributed by atoms with Gasteiger partial charge in [0.2, 0.25) is 0 Å². The topological polar surface area (TPSA) is 67.3 Å². The summed E-state index contributed by atoms with van der Waals surface area (Å²) in [5.41, 5.74) is 5.62. The standard InChI is InChI=1S/C25H21N3O2/c1-16-8-4-6-10-23(16)28-27-20-12-13-22(17(2)14-20)26-18(3)21-15-19-9-5-7-11-24(19)30-25(21)29/h4-15H,1-3H3. The quantitative estimate of drug-likeness (QED) is 0.213. The van der Waals surface area contributed by atoms with Crippen LogP contribution in [0.2, 0.25) is 0 Å². The highest BCUT2D eigenvalue weighted by Crippen LogP contribution is 2.27. The van der Waals surface area contributed by atoms with Gasteiger partial charge < -0.3 is 4.42 Å². The van der Waals surface area contributed by atoms with Crippen molar-refractivity contribution in [1.82, 2.24) is 0 Å². The van der Waals surface area contributed by atoms with Crippen molar-refractivity contribution in [3.05, 3.63) is 99.9 Å². The number of aliphatic imine (C=N–C) groups is 1. The van der Waals surface area contributed by atoms with Crippen LogP contribution in [0.15, 0.2) is 97.2 Å². The molecule has 3 aromatic carbocycles. The average molecular weight is 395 g/mol. The zero-order chi connectivity index (χ0) is 21.1. The zero-order valence-electron chi connectivity index (χ0n) is 17.1. The molecule has 4 aromatic rings. The molecule has 0 spiro atoms. The van der Waals surface area contributed by atoms with E-state index in [1.807, 2.05) is 87.5 Å². The summed E-state index contributed by atoms with van der Waals surface area (Å²) in [5, 5.41) is 9.53. The molecule has 30 heavy (non-hydrogen) atoms. The van der Waals surface area contributed by atoms with Crippen molar-refractivity contribution in [3.63, 3.8) is 0 Å². The minimum Gasteiger partial charge on any atom is -0.422 e. The van der Waals surface area contributed by atoms with Gasteiger partial charge in [-0.05, 0) is 68.3 Å². The molecule has 0 N–H and O–H groups in total. The minimum absolute atomic E-state index is 0.392. The van der Waals surface area contributed by atoms with E-state index in [1.54, 1.807) is 6.07 Å². The molecule has 4 rings (SSSR count). The molecular formula is C25H21N3O2. The number of rotatable bonds is 4. The van der Waals surface area contributed by atoms with Crippen molar-refractivity contribution in [2.45, 2.75) is 20.8 Å². The van der Waals surface area contributed by atoms with Crippen molar-refractivity contribution in [2.24, 2.45) is 15.2 Å². The molecule has 148 valence electrons.